The van der Waals surface area contributed by atoms with Gasteiger partial charge in [0.15, 0.2) is 17.6 Å². The topological polar surface area (TPSA) is 96.3 Å². The predicted molar refractivity (Wildman–Crippen MR) is 78.2 cm³/mol. The number of aliphatic hydroxyl groups excluding tert-OH is 1. The van der Waals surface area contributed by atoms with Crippen LogP contribution >= 0.6 is 0 Å². The maximum Gasteiger partial charge on any atom is 0.323 e. The molecule has 1 aliphatic rings. The van der Waals surface area contributed by atoms with E-state index in [-0.39, 0.29) is 12.5 Å². The number of hydrogen-bond donors (Lipinski definition) is 2. The maximum atomic E-state index is 12.5. The van der Waals surface area contributed by atoms with Crippen LogP contribution in [0.5, 0.6) is 11.5 Å². The van der Waals surface area contributed by atoms with Gasteiger partial charge in [-0.1, -0.05) is 13.8 Å². The van der Waals surface area contributed by atoms with Gasteiger partial charge in [0.1, 0.15) is 6.54 Å². The number of aliphatic hydroxyl groups is 1. The molecule has 7 nitrogen and oxygen atoms in total. The summed E-state index contributed by atoms with van der Waals surface area (Å²) in [5.74, 6) is -0.993. The van der Waals surface area contributed by atoms with Crippen LogP contribution in [0.1, 0.15) is 19.4 Å². The lowest BCUT2D eigenvalue weighted by atomic mass is 10.0. The van der Waals surface area contributed by atoms with Gasteiger partial charge in [0.2, 0.25) is 0 Å². The van der Waals surface area contributed by atoms with Crippen molar-refractivity contribution in [3.05, 3.63) is 17.7 Å². The summed E-state index contributed by atoms with van der Waals surface area (Å²) in [7, 11) is 1.45. The summed E-state index contributed by atoms with van der Waals surface area (Å²) < 4.78 is 11.0. The molecular formula is C15H19NO6. The molecule has 0 spiro atoms. The molecule has 0 aromatic heterocycles. The monoisotopic (exact) mass is 309 g/mol. The van der Waals surface area contributed by atoms with Gasteiger partial charge in [-0.05, 0) is 23.6 Å². The molecule has 2 N–H and O–H groups in total. The van der Waals surface area contributed by atoms with E-state index in [0.29, 0.717) is 22.7 Å². The lowest BCUT2D eigenvalue weighted by Crippen LogP contribution is -2.50. The second kappa shape index (κ2) is 6.23. The van der Waals surface area contributed by atoms with Crippen molar-refractivity contribution >= 4 is 17.6 Å². The van der Waals surface area contributed by atoms with Crippen molar-refractivity contribution in [2.45, 2.75) is 26.6 Å². The Morgan fingerprint density at radius 2 is 2.14 bits per heavy atom. The molecule has 22 heavy (non-hydrogen) atoms. The third-order valence-corrected chi connectivity index (χ3v) is 3.44. The number of benzene rings is 1. The van der Waals surface area contributed by atoms with Gasteiger partial charge >= 0.3 is 5.97 Å². The Labute approximate surface area is 128 Å². The van der Waals surface area contributed by atoms with Crippen LogP contribution in [0, 0.1) is 5.92 Å². The summed E-state index contributed by atoms with van der Waals surface area (Å²) in [5.41, 5.74) is 0.804. The number of aliphatic carboxylic acids is 1. The summed E-state index contributed by atoms with van der Waals surface area (Å²) in [6.45, 7) is 2.91. The van der Waals surface area contributed by atoms with Gasteiger partial charge in [0.05, 0.1) is 19.4 Å². The Hall–Kier alpha value is -2.28. The van der Waals surface area contributed by atoms with E-state index in [1.54, 1.807) is 6.07 Å². The van der Waals surface area contributed by atoms with E-state index in [4.69, 9.17) is 14.6 Å². The van der Waals surface area contributed by atoms with Crippen LogP contribution in [0.2, 0.25) is 0 Å². The van der Waals surface area contributed by atoms with Crippen molar-refractivity contribution in [2.75, 3.05) is 18.6 Å². The van der Waals surface area contributed by atoms with Crippen LogP contribution < -0.4 is 14.4 Å². The second-order valence-corrected chi connectivity index (χ2v) is 5.41. The smallest absolute Gasteiger partial charge is 0.323 e. The molecule has 0 saturated heterocycles. The van der Waals surface area contributed by atoms with Gasteiger partial charge < -0.3 is 19.7 Å². The number of carboxylic acid groups (broad SMARTS) is 1. The first-order chi connectivity index (χ1) is 10.4. The fourth-order valence-corrected chi connectivity index (χ4v) is 2.37. The number of rotatable bonds is 5. The molecule has 0 aliphatic carbocycles. The number of carbonyl (C=O) groups is 2. The Morgan fingerprint density at radius 3 is 2.64 bits per heavy atom. The number of fused-ring (bicyclic) bond motifs is 1. The van der Waals surface area contributed by atoms with Gasteiger partial charge in [0.25, 0.3) is 5.91 Å². The number of ether oxygens (including phenoxy) is 2. The third kappa shape index (κ3) is 2.85. The number of carbonyl (C=O) groups excluding carboxylic acids is 1. The highest BCUT2D eigenvalue weighted by Gasteiger charge is 2.39. The van der Waals surface area contributed by atoms with Crippen molar-refractivity contribution in [3.63, 3.8) is 0 Å². The molecule has 1 heterocycles. The molecule has 1 aromatic carbocycles. The molecule has 1 amide bonds. The van der Waals surface area contributed by atoms with Crippen molar-refractivity contribution in [3.8, 4) is 11.5 Å². The van der Waals surface area contributed by atoms with Crippen LogP contribution in [-0.2, 0) is 16.2 Å². The molecule has 1 aliphatic heterocycles. The van der Waals surface area contributed by atoms with Crippen LogP contribution in [-0.4, -0.2) is 41.8 Å². The summed E-state index contributed by atoms with van der Waals surface area (Å²) in [5, 5.41) is 18.4. The van der Waals surface area contributed by atoms with Gasteiger partial charge in [-0.25, -0.2) is 0 Å². The molecule has 0 saturated carbocycles. The number of hydrogen-bond acceptors (Lipinski definition) is 5. The van der Waals surface area contributed by atoms with E-state index in [0.717, 1.165) is 4.90 Å². The number of carboxylic acids is 1. The minimum Gasteiger partial charge on any atom is -0.493 e. The molecule has 0 radical (unpaired) electrons. The fraction of sp³-hybridized carbons (Fsp3) is 0.467. The van der Waals surface area contributed by atoms with E-state index >= 15 is 0 Å². The van der Waals surface area contributed by atoms with Crippen LogP contribution in [0.15, 0.2) is 12.1 Å². The fourth-order valence-electron chi connectivity index (χ4n) is 2.37. The summed E-state index contributed by atoms with van der Waals surface area (Å²) in [6, 6.07) is 3.14. The summed E-state index contributed by atoms with van der Waals surface area (Å²) in [6.07, 6.45) is -0.777. The molecule has 1 aromatic rings. The zero-order chi connectivity index (χ0) is 16.4. The van der Waals surface area contributed by atoms with Crippen molar-refractivity contribution in [1.29, 1.82) is 0 Å². The number of amides is 1. The van der Waals surface area contributed by atoms with Crippen LogP contribution in [0.25, 0.3) is 0 Å². The molecule has 1 atom stereocenters. The highest BCUT2D eigenvalue weighted by molar-refractivity contribution is 6.03. The summed E-state index contributed by atoms with van der Waals surface area (Å²) in [4.78, 5) is 24.8. The van der Waals surface area contributed by atoms with Gasteiger partial charge in [-0.2, -0.15) is 0 Å². The maximum absolute atomic E-state index is 12.5. The first-order valence-corrected chi connectivity index (χ1v) is 6.90. The zero-order valence-electron chi connectivity index (χ0n) is 12.7. The number of nitrogens with zero attached hydrogens (tertiary/aromatic N) is 1. The van der Waals surface area contributed by atoms with Gasteiger partial charge in [-0.15, -0.1) is 0 Å². The number of methoxy groups -OCH3 is 1. The highest BCUT2D eigenvalue weighted by Crippen LogP contribution is 2.43. The van der Waals surface area contributed by atoms with Crippen molar-refractivity contribution in [1.82, 2.24) is 0 Å². The Morgan fingerprint density at radius 1 is 1.45 bits per heavy atom. The standard InChI is InChI=1S/C15H19NO6/c1-8(2)13-15(20)16(6-12(18)19)10-4-9(7-17)5-11(21-3)14(10)22-13/h4-5,8,13,17H,6-7H2,1-3H3,(H,18,19). The van der Waals surface area contributed by atoms with Crippen LogP contribution in [0.4, 0.5) is 5.69 Å². The SMILES string of the molecule is COc1cc(CO)cc2c1OC(C(C)C)C(=O)N2CC(=O)O. The van der Waals surface area contributed by atoms with E-state index in [2.05, 4.69) is 0 Å². The first kappa shape index (κ1) is 16.1. The second-order valence-electron chi connectivity index (χ2n) is 5.41. The first-order valence-electron chi connectivity index (χ1n) is 6.90. The Bertz CT molecular complexity index is 598. The van der Waals surface area contributed by atoms with Crippen molar-refractivity contribution in [2.24, 2.45) is 5.92 Å². The van der Waals surface area contributed by atoms with Gasteiger partial charge in [-0.3, -0.25) is 14.5 Å². The molecular weight excluding hydrogens is 290 g/mol. The number of anilines is 1. The zero-order valence-corrected chi connectivity index (χ0v) is 12.7. The molecule has 120 valence electrons. The highest BCUT2D eigenvalue weighted by atomic mass is 16.5. The lowest BCUT2D eigenvalue weighted by Gasteiger charge is -2.36. The Kier molecular flexibility index (Phi) is 4.56. The molecule has 7 heteroatoms. The molecule has 1 unspecified atom stereocenters. The Balaban J connectivity index is 2.60. The molecule has 0 bridgehead atoms. The minimum absolute atomic E-state index is 0.126. The van der Waals surface area contributed by atoms with Crippen LogP contribution in [0.3, 0.4) is 0 Å². The quantitative estimate of drug-likeness (QED) is 0.843. The third-order valence-electron chi connectivity index (χ3n) is 3.44. The average molecular weight is 309 g/mol. The largest absolute Gasteiger partial charge is 0.493 e. The molecule has 2 rings (SSSR count). The van der Waals surface area contributed by atoms with Crippen molar-refractivity contribution < 1.29 is 29.3 Å². The predicted octanol–water partition coefficient (Wildman–Crippen LogP) is 1.02. The summed E-state index contributed by atoms with van der Waals surface area (Å²) >= 11 is 0. The normalized spacial score (nSPS) is 17.2. The van der Waals surface area contributed by atoms with E-state index in [1.165, 1.54) is 13.2 Å². The van der Waals surface area contributed by atoms with Gasteiger partial charge in [0, 0.05) is 0 Å². The minimum atomic E-state index is -1.13. The van der Waals surface area contributed by atoms with E-state index in [1.807, 2.05) is 13.8 Å². The average Bonchev–Trinajstić information content (AvgIpc) is 2.47. The van der Waals surface area contributed by atoms with E-state index < -0.39 is 24.5 Å². The lowest BCUT2D eigenvalue weighted by molar-refractivity contribution is -0.138. The molecule has 0 fully saturated rings. The van der Waals surface area contributed by atoms with E-state index in [9.17, 15) is 14.7 Å².